The molecule has 0 radical (unpaired) electrons. The number of fused-ring (bicyclic) bond motifs is 1. The van der Waals surface area contributed by atoms with Gasteiger partial charge in [-0.2, -0.15) is 0 Å². The van der Waals surface area contributed by atoms with Gasteiger partial charge in [0.05, 0.1) is 37.8 Å². The second kappa shape index (κ2) is 8.28. The fourth-order valence-corrected chi connectivity index (χ4v) is 6.97. The van der Waals surface area contributed by atoms with Crippen LogP contribution in [0.5, 0.6) is 11.5 Å². The minimum absolute atomic E-state index is 0.0306. The molecule has 2 aromatic rings. The third-order valence-electron chi connectivity index (χ3n) is 5.12. The van der Waals surface area contributed by atoms with Gasteiger partial charge in [0.2, 0.25) is 0 Å². The van der Waals surface area contributed by atoms with Crippen molar-refractivity contribution in [1.82, 2.24) is 0 Å². The first-order valence-electron chi connectivity index (χ1n) is 9.17. The summed E-state index contributed by atoms with van der Waals surface area (Å²) >= 11 is 7.60. The molecule has 30 heavy (non-hydrogen) atoms. The first-order valence-corrected chi connectivity index (χ1v) is 12.4. The molecule has 0 aromatic heterocycles. The molecular formula is C20H20ClFN2O4S2. The molecule has 2 aromatic carbocycles. The lowest BCUT2D eigenvalue weighted by molar-refractivity contribution is 0.355. The lowest BCUT2D eigenvalue weighted by Crippen LogP contribution is -2.39. The zero-order valence-corrected chi connectivity index (χ0v) is 18.7. The molecule has 2 heterocycles. The number of amidine groups is 1. The predicted octanol–water partition coefficient (Wildman–Crippen LogP) is 3.77. The molecule has 2 aliphatic heterocycles. The highest BCUT2D eigenvalue weighted by Crippen LogP contribution is 2.39. The van der Waals surface area contributed by atoms with Crippen molar-refractivity contribution in [3.8, 4) is 11.5 Å². The summed E-state index contributed by atoms with van der Waals surface area (Å²) in [6.07, 6.45) is 0. The van der Waals surface area contributed by atoms with Gasteiger partial charge in [-0.15, -0.1) is 0 Å². The smallest absolute Gasteiger partial charge is 0.164 e. The van der Waals surface area contributed by atoms with Crippen LogP contribution in [0.15, 0.2) is 41.4 Å². The Bertz CT molecular complexity index is 1110. The van der Waals surface area contributed by atoms with E-state index in [2.05, 4.69) is 0 Å². The molecule has 2 atom stereocenters. The molecule has 10 heteroatoms. The number of rotatable bonds is 5. The number of hydrogen-bond donors (Lipinski definition) is 0. The fourth-order valence-electron chi connectivity index (χ4n) is 3.69. The standard InChI is InChI=1S/C20H20ClFN2O4S2/c1-27-18-6-5-14(8-19(18)28-2)24-17-11-30(25,26)10-16(17)23-20(24)29-9-12-3-4-13(22)7-15(12)21/h3-8,16-17H,9-11H2,1-2H3/t16-,17+/m0/s1. The van der Waals surface area contributed by atoms with E-state index in [4.69, 9.17) is 26.1 Å². The predicted molar refractivity (Wildman–Crippen MR) is 118 cm³/mol. The SMILES string of the molecule is COc1ccc(N2C(SCc3ccc(F)cc3Cl)=N[C@H]3CS(=O)(=O)C[C@H]32)cc1OC. The maximum atomic E-state index is 13.3. The van der Waals surface area contributed by atoms with E-state index in [1.807, 2.05) is 17.0 Å². The van der Waals surface area contributed by atoms with Crippen LogP contribution in [0, 0.1) is 5.82 Å². The van der Waals surface area contributed by atoms with Crippen molar-refractivity contribution in [2.75, 3.05) is 30.6 Å². The number of halogens is 2. The van der Waals surface area contributed by atoms with E-state index < -0.39 is 15.7 Å². The van der Waals surface area contributed by atoms with Gasteiger partial charge >= 0.3 is 0 Å². The molecule has 0 amide bonds. The normalized spacial score (nSPS) is 22.0. The van der Waals surface area contributed by atoms with Gasteiger partial charge in [-0.25, -0.2) is 12.8 Å². The Balaban J connectivity index is 1.65. The number of nitrogens with zero attached hydrogens (tertiary/aromatic N) is 2. The van der Waals surface area contributed by atoms with Crippen molar-refractivity contribution in [3.05, 3.63) is 52.8 Å². The van der Waals surface area contributed by atoms with Gasteiger partial charge in [-0.05, 0) is 29.8 Å². The van der Waals surface area contributed by atoms with E-state index in [0.717, 1.165) is 11.3 Å². The summed E-state index contributed by atoms with van der Waals surface area (Å²) in [5.41, 5.74) is 1.55. The Morgan fingerprint density at radius 3 is 2.63 bits per heavy atom. The molecule has 0 saturated carbocycles. The molecule has 0 aliphatic carbocycles. The van der Waals surface area contributed by atoms with E-state index in [1.54, 1.807) is 26.4 Å². The van der Waals surface area contributed by atoms with E-state index in [9.17, 15) is 12.8 Å². The lowest BCUT2D eigenvalue weighted by atomic mass is 10.1. The van der Waals surface area contributed by atoms with Gasteiger partial charge in [-0.3, -0.25) is 4.99 Å². The zero-order valence-electron chi connectivity index (χ0n) is 16.3. The van der Waals surface area contributed by atoms with Crippen molar-refractivity contribution in [2.24, 2.45) is 4.99 Å². The van der Waals surface area contributed by atoms with E-state index in [0.29, 0.717) is 27.4 Å². The lowest BCUT2D eigenvalue weighted by Gasteiger charge is -2.27. The topological polar surface area (TPSA) is 68.2 Å². The van der Waals surface area contributed by atoms with Gasteiger partial charge in [0, 0.05) is 22.5 Å². The fraction of sp³-hybridized carbons (Fsp3) is 0.350. The maximum absolute atomic E-state index is 13.3. The molecule has 1 fully saturated rings. The van der Waals surface area contributed by atoms with Gasteiger partial charge in [0.1, 0.15) is 5.82 Å². The molecule has 1 saturated heterocycles. The van der Waals surface area contributed by atoms with Crippen LogP contribution in [0.4, 0.5) is 10.1 Å². The minimum atomic E-state index is -3.15. The van der Waals surface area contributed by atoms with E-state index >= 15 is 0 Å². The monoisotopic (exact) mass is 470 g/mol. The number of methoxy groups -OCH3 is 2. The molecule has 0 N–H and O–H groups in total. The quantitative estimate of drug-likeness (QED) is 0.662. The molecular weight excluding hydrogens is 451 g/mol. The van der Waals surface area contributed by atoms with Crippen molar-refractivity contribution in [1.29, 1.82) is 0 Å². The highest BCUT2D eigenvalue weighted by atomic mass is 35.5. The second-order valence-electron chi connectivity index (χ2n) is 7.06. The number of sulfone groups is 1. The van der Waals surface area contributed by atoms with Crippen LogP contribution in [0.1, 0.15) is 5.56 Å². The number of benzene rings is 2. The first kappa shape index (κ1) is 21.3. The van der Waals surface area contributed by atoms with Gasteiger partial charge < -0.3 is 14.4 Å². The van der Waals surface area contributed by atoms with Gasteiger partial charge in [0.25, 0.3) is 0 Å². The number of hydrogen-bond acceptors (Lipinski definition) is 7. The van der Waals surface area contributed by atoms with Crippen LogP contribution in [-0.2, 0) is 15.6 Å². The van der Waals surface area contributed by atoms with Crippen LogP contribution in [0.2, 0.25) is 5.02 Å². The molecule has 4 rings (SSSR count). The highest BCUT2D eigenvalue weighted by molar-refractivity contribution is 8.13. The minimum Gasteiger partial charge on any atom is -0.493 e. The summed E-state index contributed by atoms with van der Waals surface area (Å²) in [5.74, 6) is 1.29. The Hall–Kier alpha value is -1.97. The number of aliphatic imine (C=N–C) groups is 1. The molecule has 160 valence electrons. The van der Waals surface area contributed by atoms with Gasteiger partial charge in [-0.1, -0.05) is 29.4 Å². The second-order valence-corrected chi connectivity index (χ2v) is 10.6. The Morgan fingerprint density at radius 1 is 1.17 bits per heavy atom. The van der Waals surface area contributed by atoms with Crippen molar-refractivity contribution < 1.29 is 22.3 Å². The van der Waals surface area contributed by atoms with Crippen molar-refractivity contribution in [2.45, 2.75) is 17.8 Å². The Kier molecular flexibility index (Phi) is 5.87. The van der Waals surface area contributed by atoms with E-state index in [-0.39, 0.29) is 23.6 Å². The summed E-state index contributed by atoms with van der Waals surface area (Å²) in [6, 6.07) is 9.14. The third-order valence-corrected chi connectivity index (χ3v) is 8.19. The summed E-state index contributed by atoms with van der Waals surface area (Å²) in [6.45, 7) is 0. The molecule has 2 aliphatic rings. The van der Waals surface area contributed by atoms with Gasteiger partial charge in [0.15, 0.2) is 26.5 Å². The summed E-state index contributed by atoms with van der Waals surface area (Å²) in [4.78, 5) is 6.64. The number of ether oxygens (including phenoxy) is 2. The van der Waals surface area contributed by atoms with Crippen LogP contribution < -0.4 is 14.4 Å². The van der Waals surface area contributed by atoms with Crippen LogP contribution >= 0.6 is 23.4 Å². The van der Waals surface area contributed by atoms with E-state index in [1.165, 1.54) is 23.9 Å². The van der Waals surface area contributed by atoms with Crippen molar-refractivity contribution >= 4 is 44.1 Å². The summed E-state index contributed by atoms with van der Waals surface area (Å²) < 4.78 is 48.5. The zero-order chi connectivity index (χ0) is 21.5. The van der Waals surface area contributed by atoms with Crippen LogP contribution in [0.3, 0.4) is 0 Å². The molecule has 6 nitrogen and oxygen atoms in total. The van der Waals surface area contributed by atoms with Crippen LogP contribution in [-0.4, -0.2) is 51.4 Å². The maximum Gasteiger partial charge on any atom is 0.164 e. The summed E-state index contributed by atoms with van der Waals surface area (Å²) in [7, 11) is -0.0457. The first-order chi connectivity index (χ1) is 14.3. The average Bonchev–Trinajstić information content (AvgIpc) is 3.17. The van der Waals surface area contributed by atoms with Crippen molar-refractivity contribution in [3.63, 3.8) is 0 Å². The largest absolute Gasteiger partial charge is 0.493 e. The average molecular weight is 471 g/mol. The Labute approximate surface area is 183 Å². The van der Waals surface area contributed by atoms with Crippen LogP contribution in [0.25, 0.3) is 0 Å². The third kappa shape index (κ3) is 4.10. The molecule has 0 bridgehead atoms. The Morgan fingerprint density at radius 2 is 1.93 bits per heavy atom. The highest BCUT2D eigenvalue weighted by Gasteiger charge is 2.47. The molecule has 0 unspecified atom stereocenters. The summed E-state index contributed by atoms with van der Waals surface area (Å²) in [5, 5.41) is 1.05. The molecule has 0 spiro atoms. The number of thioether (sulfide) groups is 1. The number of anilines is 1.